The first-order valence-electron chi connectivity index (χ1n) is 8.21. The second-order valence-corrected chi connectivity index (χ2v) is 6.46. The number of thiol groups is 1. The molecule has 5 rings (SSSR count). The van der Waals surface area contributed by atoms with E-state index in [9.17, 15) is 0 Å². The van der Waals surface area contributed by atoms with Crippen LogP contribution in [0.5, 0.6) is 5.75 Å². The van der Waals surface area contributed by atoms with Gasteiger partial charge >= 0.3 is 0 Å². The molecule has 4 aromatic heterocycles. The molecule has 0 aliphatic heterocycles. The number of nitrogens with zero attached hydrogens (tertiary/aromatic N) is 5. The van der Waals surface area contributed by atoms with Gasteiger partial charge in [0.2, 0.25) is 5.95 Å². The van der Waals surface area contributed by atoms with Crippen molar-refractivity contribution in [3.05, 3.63) is 48.8 Å². The molecule has 4 heterocycles. The molecule has 0 unspecified atom stereocenters. The molecule has 7 nitrogen and oxygen atoms in total. The molecule has 0 atom stereocenters. The Morgan fingerprint density at radius 1 is 1.04 bits per heavy atom. The highest BCUT2D eigenvalue weighted by molar-refractivity contribution is 7.80. The van der Waals surface area contributed by atoms with Crippen molar-refractivity contribution in [2.45, 2.75) is 5.16 Å². The fourth-order valence-electron chi connectivity index (χ4n) is 3.38. The molecule has 0 amide bonds. The third kappa shape index (κ3) is 2.37. The topological polar surface area (TPSA) is 91.2 Å². The van der Waals surface area contributed by atoms with E-state index in [1.54, 1.807) is 19.5 Å². The zero-order valence-corrected chi connectivity index (χ0v) is 15.2. The van der Waals surface area contributed by atoms with Gasteiger partial charge in [0.05, 0.1) is 23.8 Å². The van der Waals surface area contributed by atoms with Crippen LogP contribution in [0.25, 0.3) is 38.7 Å². The Labute approximate surface area is 159 Å². The quantitative estimate of drug-likeness (QED) is 0.364. The number of nitrogens with two attached hydrogens (primary N) is 1. The highest BCUT2D eigenvalue weighted by Crippen LogP contribution is 2.36. The molecule has 0 aliphatic rings. The van der Waals surface area contributed by atoms with Crippen molar-refractivity contribution in [2.24, 2.45) is 0 Å². The van der Waals surface area contributed by atoms with Crippen LogP contribution in [-0.2, 0) is 0 Å². The van der Waals surface area contributed by atoms with Crippen LogP contribution in [0.1, 0.15) is 0 Å². The molecule has 2 N–H and O–H groups in total. The summed E-state index contributed by atoms with van der Waals surface area (Å²) < 4.78 is 7.19. The number of nitrogen functional groups attached to an aromatic ring is 1. The normalized spacial score (nSPS) is 11.5. The molecular formula is C19H14N6OS. The van der Waals surface area contributed by atoms with Crippen molar-refractivity contribution in [3.8, 4) is 17.0 Å². The highest BCUT2D eigenvalue weighted by atomic mass is 32.1. The van der Waals surface area contributed by atoms with Crippen LogP contribution in [0.3, 0.4) is 0 Å². The van der Waals surface area contributed by atoms with Gasteiger partial charge in [-0.3, -0.25) is 4.40 Å². The van der Waals surface area contributed by atoms with Gasteiger partial charge in [0.1, 0.15) is 11.4 Å². The number of ether oxygens (including phenoxy) is 1. The van der Waals surface area contributed by atoms with Gasteiger partial charge in [0, 0.05) is 28.7 Å². The number of anilines is 1. The zero-order chi connectivity index (χ0) is 18.5. The molecule has 0 spiro atoms. The predicted octanol–water partition coefficient (Wildman–Crippen LogP) is 3.37. The average Bonchev–Trinajstić information content (AvgIpc) is 3.00. The summed E-state index contributed by atoms with van der Waals surface area (Å²) in [6, 6.07) is 11.6. The number of hydrogen-bond donors (Lipinski definition) is 2. The summed E-state index contributed by atoms with van der Waals surface area (Å²) in [6.07, 6.45) is 3.36. The summed E-state index contributed by atoms with van der Waals surface area (Å²) in [5.41, 5.74) is 10.3. The molecule has 5 aromatic rings. The van der Waals surface area contributed by atoms with Crippen molar-refractivity contribution in [1.82, 2.24) is 24.3 Å². The van der Waals surface area contributed by atoms with Gasteiger partial charge in [0.15, 0.2) is 5.16 Å². The van der Waals surface area contributed by atoms with Crippen molar-refractivity contribution in [2.75, 3.05) is 12.8 Å². The number of benzene rings is 1. The van der Waals surface area contributed by atoms with E-state index in [-0.39, 0.29) is 0 Å². The minimum Gasteiger partial charge on any atom is -0.497 e. The lowest BCUT2D eigenvalue weighted by Crippen LogP contribution is -2.00. The van der Waals surface area contributed by atoms with Crippen molar-refractivity contribution in [1.29, 1.82) is 0 Å². The second-order valence-electron chi connectivity index (χ2n) is 6.06. The Balaban J connectivity index is 1.99. The summed E-state index contributed by atoms with van der Waals surface area (Å²) in [7, 11) is 1.65. The summed E-state index contributed by atoms with van der Waals surface area (Å²) in [4.78, 5) is 17.6. The fourth-order valence-corrected chi connectivity index (χ4v) is 3.55. The third-order valence-electron chi connectivity index (χ3n) is 4.55. The van der Waals surface area contributed by atoms with Gasteiger partial charge in [-0.05, 0) is 36.4 Å². The smallest absolute Gasteiger partial charge is 0.206 e. The van der Waals surface area contributed by atoms with E-state index >= 15 is 0 Å². The lowest BCUT2D eigenvalue weighted by atomic mass is 10.1. The maximum absolute atomic E-state index is 6.18. The molecule has 0 radical (unpaired) electrons. The number of methoxy groups -OCH3 is 1. The largest absolute Gasteiger partial charge is 0.497 e. The van der Waals surface area contributed by atoms with Crippen LogP contribution in [0.2, 0.25) is 0 Å². The van der Waals surface area contributed by atoms with Crippen LogP contribution < -0.4 is 10.5 Å². The maximum atomic E-state index is 6.18. The van der Waals surface area contributed by atoms with Crippen LogP contribution in [-0.4, -0.2) is 31.4 Å². The number of pyridine rings is 1. The van der Waals surface area contributed by atoms with E-state index in [4.69, 9.17) is 15.5 Å². The molecule has 0 fully saturated rings. The Hall–Kier alpha value is -3.39. The average molecular weight is 374 g/mol. The molecule has 27 heavy (non-hydrogen) atoms. The van der Waals surface area contributed by atoms with Crippen molar-refractivity contribution in [3.63, 3.8) is 0 Å². The maximum Gasteiger partial charge on any atom is 0.206 e. The highest BCUT2D eigenvalue weighted by Gasteiger charge is 2.18. The van der Waals surface area contributed by atoms with Crippen LogP contribution >= 0.6 is 12.6 Å². The predicted molar refractivity (Wildman–Crippen MR) is 107 cm³/mol. The first-order valence-corrected chi connectivity index (χ1v) is 8.66. The van der Waals surface area contributed by atoms with Crippen LogP contribution in [0.4, 0.5) is 5.95 Å². The summed E-state index contributed by atoms with van der Waals surface area (Å²) in [5.74, 6) is 1.14. The van der Waals surface area contributed by atoms with Gasteiger partial charge in [-0.2, -0.15) is 0 Å². The number of aromatic nitrogens is 5. The fraction of sp³-hybridized carbons (Fsp3) is 0.0526. The first kappa shape index (κ1) is 15.8. The number of fused-ring (bicyclic) bond motifs is 4. The molecule has 132 valence electrons. The first-order chi connectivity index (χ1) is 13.2. The second kappa shape index (κ2) is 5.82. The van der Waals surface area contributed by atoms with E-state index in [1.807, 2.05) is 34.7 Å². The molecule has 1 aromatic carbocycles. The van der Waals surface area contributed by atoms with Crippen molar-refractivity contribution < 1.29 is 4.74 Å². The molecular weight excluding hydrogens is 360 g/mol. The number of rotatable bonds is 2. The van der Waals surface area contributed by atoms with E-state index in [2.05, 4.69) is 33.6 Å². The number of hydrogen-bond acceptors (Lipinski definition) is 7. The Morgan fingerprint density at radius 2 is 1.89 bits per heavy atom. The van der Waals surface area contributed by atoms with Gasteiger partial charge in [0.25, 0.3) is 0 Å². The lowest BCUT2D eigenvalue weighted by molar-refractivity contribution is 0.415. The third-order valence-corrected chi connectivity index (χ3v) is 4.76. The minimum atomic E-state index is 0.365. The Kier molecular flexibility index (Phi) is 3.41. The van der Waals surface area contributed by atoms with Gasteiger partial charge in [-0.25, -0.2) is 19.9 Å². The van der Waals surface area contributed by atoms with Crippen LogP contribution in [0.15, 0.2) is 53.9 Å². The SMILES string of the molecule is COc1ccc2nc3c(cc2c1)c(-c1ccnc(S)n1)c1ccnc(N)n13. The minimum absolute atomic E-state index is 0.365. The lowest BCUT2D eigenvalue weighted by Gasteiger charge is -2.04. The zero-order valence-electron chi connectivity index (χ0n) is 14.3. The van der Waals surface area contributed by atoms with E-state index < -0.39 is 0 Å². The van der Waals surface area contributed by atoms with Gasteiger partial charge in [-0.1, -0.05) is 0 Å². The summed E-state index contributed by atoms with van der Waals surface area (Å²) in [6.45, 7) is 0. The van der Waals surface area contributed by atoms with Crippen molar-refractivity contribution >= 4 is 46.0 Å². The monoisotopic (exact) mass is 374 g/mol. The molecule has 0 bridgehead atoms. The Morgan fingerprint density at radius 3 is 2.70 bits per heavy atom. The van der Waals surface area contributed by atoms with Gasteiger partial charge < -0.3 is 10.5 Å². The van der Waals surface area contributed by atoms with E-state index in [0.717, 1.165) is 44.5 Å². The molecule has 0 saturated heterocycles. The van der Waals surface area contributed by atoms with Crippen LogP contribution in [0, 0.1) is 0 Å². The van der Waals surface area contributed by atoms with E-state index in [1.165, 1.54) is 0 Å². The Bertz CT molecular complexity index is 1350. The molecule has 0 aliphatic carbocycles. The van der Waals surface area contributed by atoms with Gasteiger partial charge in [-0.15, -0.1) is 12.6 Å². The van der Waals surface area contributed by atoms with E-state index in [0.29, 0.717) is 11.1 Å². The summed E-state index contributed by atoms with van der Waals surface area (Å²) >= 11 is 4.28. The molecule has 0 saturated carbocycles. The summed E-state index contributed by atoms with van der Waals surface area (Å²) in [5, 5.41) is 2.28. The standard InChI is InChI=1S/C19H14N6OS/c1-26-11-2-3-13-10(8-11)9-12-16(14-4-6-22-19(27)24-14)15-5-7-21-18(20)25(15)17(12)23-13/h2-9H,1H3,(H2,20,21)(H,22,24,27). The molecule has 8 heteroatoms.